The second-order valence-electron chi connectivity index (χ2n) is 3.45. The van der Waals surface area contributed by atoms with Gasteiger partial charge in [0.1, 0.15) is 11.6 Å². The fourth-order valence-electron chi connectivity index (χ4n) is 1.41. The molecule has 1 saturated carbocycles. The highest BCUT2D eigenvalue weighted by Crippen LogP contribution is 2.41. The standard InChI is InChI=1S/C10H10F2O/c11-7-3-4-8(9(12)5-7)10(13)6-1-2-6/h3-6,10,13H,1-2H2. The molecule has 1 aliphatic carbocycles. The molecule has 1 atom stereocenters. The highest BCUT2D eigenvalue weighted by atomic mass is 19.1. The normalized spacial score (nSPS) is 18.7. The molecule has 0 saturated heterocycles. The zero-order chi connectivity index (χ0) is 9.42. The van der Waals surface area contributed by atoms with Gasteiger partial charge in [-0.2, -0.15) is 0 Å². The largest absolute Gasteiger partial charge is 0.388 e. The third-order valence-corrected chi connectivity index (χ3v) is 2.35. The first kappa shape index (κ1) is 8.63. The van der Waals surface area contributed by atoms with Crippen molar-refractivity contribution in [3.05, 3.63) is 35.4 Å². The van der Waals surface area contributed by atoms with Crippen molar-refractivity contribution in [3.8, 4) is 0 Å². The Kier molecular flexibility index (Phi) is 2.04. The Bertz CT molecular complexity index is 321. The molecule has 3 heteroatoms. The lowest BCUT2D eigenvalue weighted by atomic mass is 10.1. The molecule has 0 radical (unpaired) electrons. The van der Waals surface area contributed by atoms with Gasteiger partial charge in [0.2, 0.25) is 0 Å². The van der Waals surface area contributed by atoms with Crippen LogP contribution in [0, 0.1) is 17.6 Å². The molecule has 1 nitrogen and oxygen atoms in total. The maximum Gasteiger partial charge on any atom is 0.131 e. The van der Waals surface area contributed by atoms with Crippen LogP contribution in [0.1, 0.15) is 24.5 Å². The van der Waals surface area contributed by atoms with E-state index in [1.54, 1.807) is 0 Å². The second-order valence-corrected chi connectivity index (χ2v) is 3.45. The summed E-state index contributed by atoms with van der Waals surface area (Å²) in [6, 6.07) is 3.29. The summed E-state index contributed by atoms with van der Waals surface area (Å²) >= 11 is 0. The van der Waals surface area contributed by atoms with E-state index in [1.165, 1.54) is 12.1 Å². The molecule has 70 valence electrons. The minimum Gasteiger partial charge on any atom is -0.388 e. The lowest BCUT2D eigenvalue weighted by molar-refractivity contribution is 0.149. The first-order valence-electron chi connectivity index (χ1n) is 4.31. The van der Waals surface area contributed by atoms with Gasteiger partial charge in [-0.1, -0.05) is 6.07 Å². The van der Waals surface area contributed by atoms with E-state index in [0.717, 1.165) is 18.9 Å². The van der Waals surface area contributed by atoms with E-state index in [9.17, 15) is 13.9 Å². The number of hydrogen-bond donors (Lipinski definition) is 1. The molecule has 1 fully saturated rings. The fourth-order valence-corrected chi connectivity index (χ4v) is 1.41. The average Bonchev–Trinajstić information content (AvgIpc) is 2.85. The summed E-state index contributed by atoms with van der Waals surface area (Å²) in [5.41, 5.74) is 0.212. The minimum atomic E-state index is -0.763. The predicted octanol–water partition coefficient (Wildman–Crippen LogP) is 2.41. The number of hydrogen-bond acceptors (Lipinski definition) is 1. The Morgan fingerprint density at radius 3 is 2.54 bits per heavy atom. The van der Waals surface area contributed by atoms with Gasteiger partial charge < -0.3 is 5.11 Å². The molecule has 1 unspecified atom stereocenters. The average molecular weight is 184 g/mol. The number of benzene rings is 1. The number of halogens is 2. The van der Waals surface area contributed by atoms with Crippen LogP contribution in [0.2, 0.25) is 0 Å². The first-order valence-corrected chi connectivity index (χ1v) is 4.31. The Morgan fingerprint density at radius 1 is 1.31 bits per heavy atom. The van der Waals surface area contributed by atoms with E-state index in [4.69, 9.17) is 0 Å². The van der Waals surface area contributed by atoms with Gasteiger partial charge >= 0.3 is 0 Å². The van der Waals surface area contributed by atoms with Crippen LogP contribution in [0.25, 0.3) is 0 Å². The predicted molar refractivity (Wildman–Crippen MR) is 44.0 cm³/mol. The summed E-state index contributed by atoms with van der Waals surface area (Å²) in [6.07, 6.45) is 1.09. The topological polar surface area (TPSA) is 20.2 Å². The van der Waals surface area contributed by atoms with Crippen molar-refractivity contribution in [1.29, 1.82) is 0 Å². The Morgan fingerprint density at radius 2 is 2.00 bits per heavy atom. The summed E-state index contributed by atoms with van der Waals surface area (Å²) < 4.78 is 25.6. The van der Waals surface area contributed by atoms with E-state index in [2.05, 4.69) is 0 Å². The highest BCUT2D eigenvalue weighted by molar-refractivity contribution is 5.22. The zero-order valence-electron chi connectivity index (χ0n) is 7.00. The van der Waals surface area contributed by atoms with Gasteiger partial charge in [-0.3, -0.25) is 0 Å². The van der Waals surface area contributed by atoms with Crippen LogP contribution in [-0.2, 0) is 0 Å². The van der Waals surface area contributed by atoms with Gasteiger partial charge in [0.05, 0.1) is 6.10 Å². The fraction of sp³-hybridized carbons (Fsp3) is 0.400. The monoisotopic (exact) mass is 184 g/mol. The SMILES string of the molecule is OC(c1ccc(F)cc1F)C1CC1. The first-order chi connectivity index (χ1) is 6.18. The molecule has 0 amide bonds. The van der Waals surface area contributed by atoms with E-state index in [0.29, 0.717) is 0 Å². The van der Waals surface area contributed by atoms with Crippen molar-refractivity contribution < 1.29 is 13.9 Å². The summed E-state index contributed by atoms with van der Waals surface area (Å²) in [7, 11) is 0. The van der Waals surface area contributed by atoms with E-state index in [1.807, 2.05) is 0 Å². The Hall–Kier alpha value is -0.960. The Balaban J connectivity index is 2.28. The van der Waals surface area contributed by atoms with Crippen molar-refractivity contribution >= 4 is 0 Å². The van der Waals surface area contributed by atoms with E-state index in [-0.39, 0.29) is 11.5 Å². The van der Waals surface area contributed by atoms with Gasteiger partial charge in [-0.25, -0.2) is 8.78 Å². The molecular formula is C10H10F2O. The number of aliphatic hydroxyl groups is 1. The quantitative estimate of drug-likeness (QED) is 0.748. The van der Waals surface area contributed by atoms with Crippen molar-refractivity contribution in [3.63, 3.8) is 0 Å². The highest BCUT2D eigenvalue weighted by Gasteiger charge is 2.32. The maximum absolute atomic E-state index is 13.1. The van der Waals surface area contributed by atoms with Crippen molar-refractivity contribution in [2.75, 3.05) is 0 Å². The molecule has 0 bridgehead atoms. The van der Waals surface area contributed by atoms with Crippen LogP contribution < -0.4 is 0 Å². The molecular weight excluding hydrogens is 174 g/mol. The van der Waals surface area contributed by atoms with Gasteiger partial charge in [0, 0.05) is 11.6 Å². The van der Waals surface area contributed by atoms with E-state index >= 15 is 0 Å². The third-order valence-electron chi connectivity index (χ3n) is 2.35. The lowest BCUT2D eigenvalue weighted by Crippen LogP contribution is -2.02. The molecule has 2 rings (SSSR count). The molecule has 1 aromatic carbocycles. The molecule has 0 spiro atoms. The number of aliphatic hydroxyl groups excluding tert-OH is 1. The number of rotatable bonds is 2. The van der Waals surface area contributed by atoms with Crippen LogP contribution in [0.3, 0.4) is 0 Å². The Labute approximate surface area is 75.0 Å². The molecule has 13 heavy (non-hydrogen) atoms. The summed E-state index contributed by atoms with van der Waals surface area (Å²) in [5.74, 6) is -1.09. The van der Waals surface area contributed by atoms with Gasteiger partial charge in [0.15, 0.2) is 0 Å². The molecule has 0 aromatic heterocycles. The lowest BCUT2D eigenvalue weighted by Gasteiger charge is -2.09. The van der Waals surface area contributed by atoms with Crippen molar-refractivity contribution in [2.24, 2.45) is 5.92 Å². The van der Waals surface area contributed by atoms with Gasteiger partial charge in [-0.05, 0) is 24.8 Å². The minimum absolute atomic E-state index is 0.167. The molecule has 1 N–H and O–H groups in total. The molecule has 1 aliphatic rings. The second kappa shape index (κ2) is 3.07. The van der Waals surface area contributed by atoms with Crippen LogP contribution in [0.4, 0.5) is 8.78 Å². The molecule has 0 aliphatic heterocycles. The van der Waals surface area contributed by atoms with Crippen molar-refractivity contribution in [1.82, 2.24) is 0 Å². The van der Waals surface area contributed by atoms with Crippen LogP contribution in [-0.4, -0.2) is 5.11 Å². The van der Waals surface area contributed by atoms with Crippen LogP contribution in [0.5, 0.6) is 0 Å². The summed E-state index contributed by atoms with van der Waals surface area (Å²) in [5, 5.41) is 9.57. The summed E-state index contributed by atoms with van der Waals surface area (Å²) in [6.45, 7) is 0. The maximum atomic E-state index is 13.1. The molecule has 0 heterocycles. The zero-order valence-corrected chi connectivity index (χ0v) is 7.00. The summed E-state index contributed by atoms with van der Waals surface area (Å²) in [4.78, 5) is 0. The molecule has 1 aromatic rings. The van der Waals surface area contributed by atoms with Gasteiger partial charge in [-0.15, -0.1) is 0 Å². The third kappa shape index (κ3) is 1.70. The van der Waals surface area contributed by atoms with Gasteiger partial charge in [0.25, 0.3) is 0 Å². The van der Waals surface area contributed by atoms with Crippen LogP contribution >= 0.6 is 0 Å². The smallest absolute Gasteiger partial charge is 0.131 e. The van der Waals surface area contributed by atoms with Crippen LogP contribution in [0.15, 0.2) is 18.2 Å². The van der Waals surface area contributed by atoms with Crippen molar-refractivity contribution in [2.45, 2.75) is 18.9 Å². The van der Waals surface area contributed by atoms with E-state index < -0.39 is 17.7 Å².